The second-order valence-electron chi connectivity index (χ2n) is 5.57. The van der Waals surface area contributed by atoms with Gasteiger partial charge in [0.1, 0.15) is 0 Å². The highest BCUT2D eigenvalue weighted by Crippen LogP contribution is 2.33. The van der Waals surface area contributed by atoms with E-state index in [1.165, 1.54) is 10.9 Å². The normalized spacial score (nSPS) is 14.1. The minimum absolute atomic E-state index is 0.0758. The number of benzene rings is 1. The maximum Gasteiger partial charge on any atom is 0.259 e. The van der Waals surface area contributed by atoms with Crippen molar-refractivity contribution in [2.75, 3.05) is 6.54 Å². The Morgan fingerprint density at radius 1 is 1.30 bits per heavy atom. The predicted molar refractivity (Wildman–Crippen MR) is 94.0 cm³/mol. The number of halogens is 1. The van der Waals surface area contributed by atoms with E-state index in [2.05, 4.69) is 38.5 Å². The number of fused-ring (bicyclic) bond motifs is 3. The fraction of sp³-hybridized carbons (Fsp3) is 0.111. The average molecular weight is 368 g/mol. The van der Waals surface area contributed by atoms with Gasteiger partial charge in [-0.05, 0) is 40.0 Å². The molecule has 4 nitrogen and oxygen atoms in total. The zero-order valence-electron chi connectivity index (χ0n) is 12.3. The van der Waals surface area contributed by atoms with E-state index in [-0.39, 0.29) is 5.91 Å². The molecule has 4 rings (SSSR count). The second kappa shape index (κ2) is 5.35. The predicted octanol–water partition coefficient (Wildman–Crippen LogP) is 3.99. The number of pyridine rings is 1. The van der Waals surface area contributed by atoms with Crippen molar-refractivity contribution in [3.63, 3.8) is 0 Å². The number of H-pyrrole nitrogens is 1. The molecule has 0 spiro atoms. The summed E-state index contributed by atoms with van der Waals surface area (Å²) in [5.74, 6) is -0.0758. The maximum absolute atomic E-state index is 12.8. The fourth-order valence-electron chi connectivity index (χ4n) is 3.11. The first kappa shape index (κ1) is 14.2. The summed E-state index contributed by atoms with van der Waals surface area (Å²) in [4.78, 5) is 22.0. The minimum Gasteiger partial charge on any atom is -0.353 e. The number of carbonyl (C=O) groups excluding carboxylic acids is 1. The smallest absolute Gasteiger partial charge is 0.259 e. The number of carbonyl (C=O) groups is 1. The number of hydrogen-bond acceptors (Lipinski definition) is 2. The molecule has 0 saturated heterocycles. The van der Waals surface area contributed by atoms with E-state index in [0.29, 0.717) is 17.8 Å². The van der Waals surface area contributed by atoms with Gasteiger partial charge in [0.25, 0.3) is 5.91 Å². The monoisotopic (exact) mass is 367 g/mol. The second-order valence-corrected chi connectivity index (χ2v) is 6.49. The van der Waals surface area contributed by atoms with Crippen molar-refractivity contribution in [1.82, 2.24) is 14.9 Å². The van der Waals surface area contributed by atoms with Crippen LogP contribution in [-0.2, 0) is 6.42 Å². The minimum atomic E-state index is -0.0758. The Morgan fingerprint density at radius 3 is 2.96 bits per heavy atom. The van der Waals surface area contributed by atoms with Crippen LogP contribution in [0.5, 0.6) is 0 Å². The van der Waals surface area contributed by atoms with Crippen LogP contribution in [0.2, 0.25) is 0 Å². The highest BCUT2D eigenvalue weighted by molar-refractivity contribution is 9.10. The van der Waals surface area contributed by atoms with Crippen LogP contribution in [0.4, 0.5) is 0 Å². The molecule has 1 aromatic carbocycles. The molecule has 114 valence electrons. The Bertz CT molecular complexity index is 944. The number of nitrogens with one attached hydrogen (secondary N) is 1. The van der Waals surface area contributed by atoms with Gasteiger partial charge >= 0.3 is 0 Å². The van der Waals surface area contributed by atoms with Crippen LogP contribution in [0.25, 0.3) is 16.6 Å². The number of amides is 1. The summed E-state index contributed by atoms with van der Waals surface area (Å²) < 4.78 is 0.789. The van der Waals surface area contributed by atoms with E-state index in [1.807, 2.05) is 18.2 Å². The van der Waals surface area contributed by atoms with Gasteiger partial charge in [0.05, 0.1) is 17.0 Å². The fourth-order valence-corrected chi connectivity index (χ4v) is 3.47. The molecule has 0 radical (unpaired) electrons. The molecule has 23 heavy (non-hydrogen) atoms. The standard InChI is InChI=1S/C18H14BrN3O/c1-11-17-15(14-4-2-3-5-16(14)21-17)6-7-22(11)18(23)12-8-13(19)10-20-9-12/h2-5,8-10,21H,1,6-7H2. The first-order chi connectivity index (χ1) is 11.1. The van der Waals surface area contributed by atoms with Crippen molar-refractivity contribution in [2.45, 2.75) is 6.42 Å². The Hall–Kier alpha value is -2.40. The summed E-state index contributed by atoms with van der Waals surface area (Å²) in [5, 5.41) is 1.21. The number of nitrogens with zero attached hydrogens (tertiary/aromatic N) is 2. The molecular weight excluding hydrogens is 354 g/mol. The number of aromatic amines is 1. The summed E-state index contributed by atoms with van der Waals surface area (Å²) in [6.07, 6.45) is 4.06. The van der Waals surface area contributed by atoms with Gasteiger partial charge in [-0.15, -0.1) is 0 Å². The van der Waals surface area contributed by atoms with Gasteiger partial charge in [0, 0.05) is 34.3 Å². The molecule has 1 aliphatic rings. The van der Waals surface area contributed by atoms with E-state index >= 15 is 0 Å². The lowest BCUT2D eigenvalue weighted by Gasteiger charge is -2.29. The summed E-state index contributed by atoms with van der Waals surface area (Å²) in [5.41, 5.74) is 4.54. The number of para-hydroxylation sites is 1. The SMILES string of the molecule is C=C1c2[nH]c3ccccc3c2CCN1C(=O)c1cncc(Br)c1. The molecule has 0 aliphatic carbocycles. The van der Waals surface area contributed by atoms with Crippen LogP contribution >= 0.6 is 15.9 Å². The number of rotatable bonds is 1. The molecular formula is C18H14BrN3O. The Labute approximate surface area is 142 Å². The van der Waals surface area contributed by atoms with Gasteiger partial charge in [0.2, 0.25) is 0 Å². The van der Waals surface area contributed by atoms with Gasteiger partial charge in [0.15, 0.2) is 0 Å². The molecule has 1 N–H and O–H groups in total. The largest absolute Gasteiger partial charge is 0.353 e. The van der Waals surface area contributed by atoms with Crippen LogP contribution < -0.4 is 0 Å². The van der Waals surface area contributed by atoms with E-state index < -0.39 is 0 Å². The van der Waals surface area contributed by atoms with Gasteiger partial charge in [-0.2, -0.15) is 0 Å². The maximum atomic E-state index is 12.8. The highest BCUT2D eigenvalue weighted by atomic mass is 79.9. The van der Waals surface area contributed by atoms with Gasteiger partial charge in [-0.1, -0.05) is 24.8 Å². The van der Waals surface area contributed by atoms with Gasteiger partial charge < -0.3 is 9.88 Å². The molecule has 1 aliphatic heterocycles. The van der Waals surface area contributed by atoms with Crippen LogP contribution in [0.3, 0.4) is 0 Å². The summed E-state index contributed by atoms with van der Waals surface area (Å²) >= 11 is 3.36. The van der Waals surface area contributed by atoms with Gasteiger partial charge in [-0.3, -0.25) is 9.78 Å². The number of aromatic nitrogens is 2. The molecule has 1 amide bonds. The lowest BCUT2D eigenvalue weighted by Crippen LogP contribution is -2.34. The Balaban J connectivity index is 1.73. The number of hydrogen-bond donors (Lipinski definition) is 1. The lowest BCUT2D eigenvalue weighted by molar-refractivity contribution is 0.0833. The van der Waals surface area contributed by atoms with Crippen LogP contribution in [0.1, 0.15) is 21.6 Å². The first-order valence-electron chi connectivity index (χ1n) is 7.36. The van der Waals surface area contributed by atoms with E-state index in [0.717, 1.165) is 22.1 Å². The molecule has 0 saturated carbocycles. The van der Waals surface area contributed by atoms with E-state index in [4.69, 9.17) is 0 Å². The Kier molecular flexibility index (Phi) is 3.31. The zero-order valence-corrected chi connectivity index (χ0v) is 13.9. The lowest BCUT2D eigenvalue weighted by atomic mass is 10.0. The van der Waals surface area contributed by atoms with Crippen LogP contribution in [0.15, 0.2) is 53.8 Å². The zero-order chi connectivity index (χ0) is 16.0. The van der Waals surface area contributed by atoms with Gasteiger partial charge in [-0.25, -0.2) is 0 Å². The Morgan fingerprint density at radius 2 is 2.13 bits per heavy atom. The van der Waals surface area contributed by atoms with E-state index in [9.17, 15) is 4.79 Å². The van der Waals surface area contributed by atoms with Crippen LogP contribution in [-0.4, -0.2) is 27.3 Å². The first-order valence-corrected chi connectivity index (χ1v) is 8.16. The van der Waals surface area contributed by atoms with Crippen molar-refractivity contribution in [3.8, 4) is 0 Å². The third kappa shape index (κ3) is 2.28. The van der Waals surface area contributed by atoms with Crippen molar-refractivity contribution in [1.29, 1.82) is 0 Å². The third-order valence-electron chi connectivity index (χ3n) is 4.21. The topological polar surface area (TPSA) is 49.0 Å². The molecule has 2 aromatic heterocycles. The summed E-state index contributed by atoms with van der Waals surface area (Å²) in [7, 11) is 0. The molecule has 5 heteroatoms. The van der Waals surface area contributed by atoms with Crippen molar-refractivity contribution < 1.29 is 4.79 Å². The van der Waals surface area contributed by atoms with E-state index in [1.54, 1.807) is 23.4 Å². The molecule has 0 unspecified atom stereocenters. The van der Waals surface area contributed by atoms with Crippen molar-refractivity contribution >= 4 is 38.4 Å². The highest BCUT2D eigenvalue weighted by Gasteiger charge is 2.28. The molecule has 0 bridgehead atoms. The quantitative estimate of drug-likeness (QED) is 0.706. The average Bonchev–Trinajstić information content (AvgIpc) is 2.94. The molecule has 0 fully saturated rings. The summed E-state index contributed by atoms with van der Waals surface area (Å²) in [6.45, 7) is 4.77. The van der Waals surface area contributed by atoms with Crippen molar-refractivity contribution in [2.24, 2.45) is 0 Å². The molecule has 0 atom stereocenters. The van der Waals surface area contributed by atoms with Crippen molar-refractivity contribution in [3.05, 3.63) is 70.6 Å². The molecule has 3 heterocycles. The van der Waals surface area contributed by atoms with Crippen LogP contribution in [0, 0.1) is 0 Å². The third-order valence-corrected chi connectivity index (χ3v) is 4.64. The summed E-state index contributed by atoms with van der Waals surface area (Å²) in [6, 6.07) is 9.97. The molecule has 3 aromatic rings.